The van der Waals surface area contributed by atoms with Crippen molar-refractivity contribution >= 4 is 18.0 Å². The summed E-state index contributed by atoms with van der Waals surface area (Å²) in [5.41, 5.74) is 3.18. The number of allylic oxidation sites excluding steroid dienone is 1. The van der Waals surface area contributed by atoms with Gasteiger partial charge in [0.05, 0.1) is 29.9 Å². The van der Waals surface area contributed by atoms with E-state index in [-0.39, 0.29) is 41.7 Å². The zero-order chi connectivity index (χ0) is 24.2. The fourth-order valence-corrected chi connectivity index (χ4v) is 5.70. The number of rotatable bonds is 6. The Morgan fingerprint density at radius 1 is 1.26 bits per heavy atom. The van der Waals surface area contributed by atoms with Crippen molar-refractivity contribution in [1.82, 2.24) is 4.98 Å². The molecule has 2 aromatic rings. The number of cyclic esters (lactones) is 1. The molecule has 0 radical (unpaired) electrons. The van der Waals surface area contributed by atoms with Crippen LogP contribution in [0.1, 0.15) is 44.9 Å². The molecule has 2 aliphatic rings. The number of carbonyl (C=O) groups is 2. The van der Waals surface area contributed by atoms with Gasteiger partial charge in [0, 0.05) is 30.2 Å². The molecule has 0 N–H and O–H groups in total. The number of esters is 2. The van der Waals surface area contributed by atoms with Gasteiger partial charge in [0.25, 0.3) is 0 Å². The van der Waals surface area contributed by atoms with E-state index in [0.717, 1.165) is 29.7 Å². The summed E-state index contributed by atoms with van der Waals surface area (Å²) in [6, 6.07) is 13.6. The molecular formula is C28H30N2O4. The van der Waals surface area contributed by atoms with Crippen LogP contribution in [-0.4, -0.2) is 29.6 Å². The monoisotopic (exact) mass is 458 g/mol. The van der Waals surface area contributed by atoms with E-state index < -0.39 is 0 Å². The molecule has 0 amide bonds. The molecule has 6 atom stereocenters. The van der Waals surface area contributed by atoms with Crippen LogP contribution in [-0.2, 0) is 19.1 Å². The van der Waals surface area contributed by atoms with Crippen LogP contribution in [0, 0.1) is 40.9 Å². The summed E-state index contributed by atoms with van der Waals surface area (Å²) in [6.45, 7) is 5.95. The molecule has 0 bridgehead atoms. The van der Waals surface area contributed by atoms with Crippen molar-refractivity contribution in [3.8, 4) is 17.2 Å². The number of hydrogen-bond acceptors (Lipinski definition) is 6. The summed E-state index contributed by atoms with van der Waals surface area (Å²) in [5, 5.41) is 9.37. The third kappa shape index (κ3) is 4.89. The van der Waals surface area contributed by atoms with Crippen LogP contribution in [0.3, 0.4) is 0 Å². The van der Waals surface area contributed by atoms with Crippen molar-refractivity contribution in [3.05, 3.63) is 59.9 Å². The lowest BCUT2D eigenvalue weighted by molar-refractivity contribution is -0.144. The highest BCUT2D eigenvalue weighted by atomic mass is 16.6. The number of nitrogens with zero attached hydrogens (tertiary/aromatic N) is 2. The summed E-state index contributed by atoms with van der Waals surface area (Å²) in [4.78, 5) is 28.3. The second kappa shape index (κ2) is 10.2. The average Bonchev–Trinajstić information content (AvgIpc) is 3.11. The summed E-state index contributed by atoms with van der Waals surface area (Å²) < 4.78 is 10.9. The van der Waals surface area contributed by atoms with E-state index >= 15 is 0 Å². The maximum atomic E-state index is 12.5. The topological polar surface area (TPSA) is 89.3 Å². The molecule has 0 spiro atoms. The van der Waals surface area contributed by atoms with Gasteiger partial charge < -0.3 is 9.47 Å². The highest BCUT2D eigenvalue weighted by Gasteiger charge is 2.52. The quantitative estimate of drug-likeness (QED) is 0.564. The van der Waals surface area contributed by atoms with Crippen molar-refractivity contribution in [2.75, 3.05) is 6.61 Å². The maximum absolute atomic E-state index is 12.5. The first-order valence-electron chi connectivity index (χ1n) is 11.9. The molecule has 1 saturated heterocycles. The first kappa shape index (κ1) is 23.7. The van der Waals surface area contributed by atoms with Crippen molar-refractivity contribution in [1.29, 1.82) is 5.26 Å². The molecule has 4 rings (SSSR count). The number of pyridine rings is 1. The first-order valence-corrected chi connectivity index (χ1v) is 11.9. The zero-order valence-electron chi connectivity index (χ0n) is 19.8. The van der Waals surface area contributed by atoms with Gasteiger partial charge >= 0.3 is 11.9 Å². The minimum absolute atomic E-state index is 0.0950. The number of fused-ring (bicyclic) bond motifs is 1. The van der Waals surface area contributed by atoms with Gasteiger partial charge in [-0.1, -0.05) is 37.3 Å². The van der Waals surface area contributed by atoms with E-state index in [2.05, 4.69) is 24.1 Å². The van der Waals surface area contributed by atoms with E-state index in [1.165, 1.54) is 6.92 Å². The summed E-state index contributed by atoms with van der Waals surface area (Å²) >= 11 is 0. The Bertz CT molecular complexity index is 1120. The Morgan fingerprint density at radius 2 is 2.06 bits per heavy atom. The fraction of sp³-hybridized carbons (Fsp3) is 0.429. The number of aromatic nitrogens is 1. The van der Waals surface area contributed by atoms with E-state index in [1.54, 1.807) is 12.3 Å². The van der Waals surface area contributed by atoms with Gasteiger partial charge in [0.1, 0.15) is 6.10 Å². The van der Waals surface area contributed by atoms with Crippen LogP contribution in [0.2, 0.25) is 0 Å². The van der Waals surface area contributed by atoms with Crippen LogP contribution in [0.15, 0.2) is 48.7 Å². The van der Waals surface area contributed by atoms with Gasteiger partial charge in [0.15, 0.2) is 0 Å². The number of ether oxygens (including phenoxy) is 2. The molecule has 1 saturated carbocycles. The molecule has 2 heterocycles. The van der Waals surface area contributed by atoms with Crippen LogP contribution in [0.25, 0.3) is 17.2 Å². The number of nitriles is 1. The van der Waals surface area contributed by atoms with Gasteiger partial charge in [-0.05, 0) is 55.7 Å². The number of benzene rings is 1. The standard InChI is InChI=1S/C28H30N2O4/c1-17-14-26-27(18(2)34-28(26)32)25(23(17)12-13-33-19(3)31)11-10-22-9-8-21(16-30-22)24-7-5-4-6-20(24)15-29/h4-11,16-18,23,25-27H,12-14H2,1-3H3/b11-10+/t17-,18+,23?,25-,26+,27-/m0/s1. The number of carbonyl (C=O) groups excluding carboxylic acids is 2. The highest BCUT2D eigenvalue weighted by molar-refractivity contribution is 5.75. The van der Waals surface area contributed by atoms with E-state index in [1.807, 2.05) is 43.3 Å². The van der Waals surface area contributed by atoms with E-state index in [9.17, 15) is 14.9 Å². The van der Waals surface area contributed by atoms with E-state index in [4.69, 9.17) is 9.47 Å². The minimum atomic E-state index is -0.275. The lowest BCUT2D eigenvalue weighted by Crippen LogP contribution is -2.41. The predicted molar refractivity (Wildman–Crippen MR) is 128 cm³/mol. The highest BCUT2D eigenvalue weighted by Crippen LogP contribution is 2.50. The molecule has 6 nitrogen and oxygen atoms in total. The predicted octanol–water partition coefficient (Wildman–Crippen LogP) is 5.04. The van der Waals surface area contributed by atoms with Crippen LogP contribution >= 0.6 is 0 Å². The van der Waals surface area contributed by atoms with E-state index in [0.29, 0.717) is 18.1 Å². The van der Waals surface area contributed by atoms with Gasteiger partial charge in [-0.25, -0.2) is 0 Å². The molecule has 2 fully saturated rings. The van der Waals surface area contributed by atoms with Crippen molar-refractivity contribution in [3.63, 3.8) is 0 Å². The Hall–Kier alpha value is -3.46. The molecule has 176 valence electrons. The summed E-state index contributed by atoms with van der Waals surface area (Å²) in [6.07, 6.45) is 7.36. The lowest BCUT2D eigenvalue weighted by Gasteiger charge is -2.42. The van der Waals surface area contributed by atoms with Gasteiger partial charge in [0.2, 0.25) is 0 Å². The van der Waals surface area contributed by atoms with Gasteiger partial charge in [-0.3, -0.25) is 14.6 Å². The molecule has 1 aliphatic heterocycles. The van der Waals surface area contributed by atoms with Crippen LogP contribution < -0.4 is 0 Å². The van der Waals surface area contributed by atoms with Crippen molar-refractivity contribution in [2.45, 2.75) is 39.7 Å². The molecule has 1 unspecified atom stereocenters. The summed E-state index contributed by atoms with van der Waals surface area (Å²) in [7, 11) is 0. The van der Waals surface area contributed by atoms with Crippen molar-refractivity contribution in [2.24, 2.45) is 29.6 Å². The average molecular weight is 459 g/mol. The molecule has 1 aromatic carbocycles. The fourth-order valence-electron chi connectivity index (χ4n) is 5.70. The normalized spacial score (nSPS) is 28.2. The maximum Gasteiger partial charge on any atom is 0.309 e. The van der Waals surface area contributed by atoms with Crippen LogP contribution in [0.4, 0.5) is 0 Å². The molecule has 34 heavy (non-hydrogen) atoms. The largest absolute Gasteiger partial charge is 0.466 e. The number of hydrogen-bond donors (Lipinski definition) is 0. The molecular weight excluding hydrogens is 428 g/mol. The second-order valence-corrected chi connectivity index (χ2v) is 9.40. The molecule has 1 aromatic heterocycles. The SMILES string of the molecule is CC(=O)OCCC1[C@@H](C)C[C@H]2C(=O)O[C@H](C)[C@H]2[C@H]1/C=C/c1ccc(-c2ccccc2C#N)cn1. The Kier molecular flexibility index (Phi) is 7.12. The molecule has 1 aliphatic carbocycles. The Labute approximate surface area is 200 Å². The minimum Gasteiger partial charge on any atom is -0.466 e. The lowest BCUT2D eigenvalue weighted by atomic mass is 9.61. The smallest absolute Gasteiger partial charge is 0.309 e. The third-order valence-electron chi connectivity index (χ3n) is 7.30. The second-order valence-electron chi connectivity index (χ2n) is 9.40. The molecule has 6 heteroatoms. The first-order chi connectivity index (χ1) is 16.4. The Morgan fingerprint density at radius 3 is 2.76 bits per heavy atom. The van der Waals surface area contributed by atoms with Crippen LogP contribution in [0.5, 0.6) is 0 Å². The van der Waals surface area contributed by atoms with Crippen molar-refractivity contribution < 1.29 is 19.1 Å². The Balaban J connectivity index is 1.57. The van der Waals surface area contributed by atoms with Gasteiger partial charge in [-0.15, -0.1) is 0 Å². The zero-order valence-corrected chi connectivity index (χ0v) is 19.8. The van der Waals surface area contributed by atoms with Gasteiger partial charge in [-0.2, -0.15) is 5.26 Å². The third-order valence-corrected chi connectivity index (χ3v) is 7.30. The summed E-state index contributed by atoms with van der Waals surface area (Å²) in [5.74, 6) is 0.332.